The summed E-state index contributed by atoms with van der Waals surface area (Å²) in [6, 6.07) is 10.0. The first-order chi connectivity index (χ1) is 17.4. The highest BCUT2D eigenvalue weighted by atomic mass is 35.5. The largest absolute Gasteiger partial charge is 0.354 e. The van der Waals surface area contributed by atoms with Crippen LogP contribution in [-0.4, -0.2) is 50.5 Å². The summed E-state index contributed by atoms with van der Waals surface area (Å²) in [5.41, 5.74) is 2.93. The fourth-order valence-electron chi connectivity index (χ4n) is 4.11. The van der Waals surface area contributed by atoms with Gasteiger partial charge >= 0.3 is 0 Å². The van der Waals surface area contributed by atoms with Gasteiger partial charge in [-0.1, -0.05) is 55.2 Å². The van der Waals surface area contributed by atoms with Gasteiger partial charge in [-0.25, -0.2) is 8.42 Å². The van der Waals surface area contributed by atoms with Crippen molar-refractivity contribution in [2.45, 2.75) is 66.0 Å². The minimum Gasteiger partial charge on any atom is -0.354 e. The molecule has 0 aliphatic heterocycles. The van der Waals surface area contributed by atoms with Crippen LogP contribution in [0.4, 0.5) is 5.69 Å². The van der Waals surface area contributed by atoms with Crippen molar-refractivity contribution < 1.29 is 18.0 Å². The summed E-state index contributed by atoms with van der Waals surface area (Å²) < 4.78 is 26.6. The second-order valence-corrected chi connectivity index (χ2v) is 11.9. The van der Waals surface area contributed by atoms with E-state index < -0.39 is 16.1 Å². The minimum absolute atomic E-state index is 0.0521. The third kappa shape index (κ3) is 8.62. The topological polar surface area (TPSA) is 86.8 Å². The second kappa shape index (κ2) is 14.0. The number of benzene rings is 2. The third-order valence-electron chi connectivity index (χ3n) is 6.11. The van der Waals surface area contributed by atoms with Crippen LogP contribution in [0.5, 0.6) is 0 Å². The van der Waals surface area contributed by atoms with Crippen molar-refractivity contribution in [3.63, 3.8) is 0 Å². The Bertz CT molecular complexity index is 1180. The maximum absolute atomic E-state index is 13.5. The summed E-state index contributed by atoms with van der Waals surface area (Å²) in [6.45, 7) is 8.26. The van der Waals surface area contributed by atoms with Gasteiger partial charge in [0.2, 0.25) is 21.8 Å². The standard InChI is InChI=1S/C27H37Cl2N3O4S/c1-6-15-30-27(34)24(7-2)31(18-21-22(28)10-8-11-23(21)29)26(33)12-9-16-32(37(5,35)36)25-17-19(3)13-14-20(25)4/h8,10-11,13-14,17,24H,6-7,9,12,15-16,18H2,1-5H3,(H,30,34)/t24-/m0/s1. The highest BCUT2D eigenvalue weighted by molar-refractivity contribution is 7.92. The van der Waals surface area contributed by atoms with Crippen LogP contribution >= 0.6 is 23.2 Å². The first-order valence-corrected chi connectivity index (χ1v) is 15.1. The number of hydrogen-bond donors (Lipinski definition) is 1. The highest BCUT2D eigenvalue weighted by Gasteiger charge is 2.30. The molecular formula is C27H37Cl2N3O4S. The molecule has 10 heteroatoms. The molecule has 204 valence electrons. The van der Waals surface area contributed by atoms with Gasteiger partial charge in [0, 0.05) is 41.7 Å². The van der Waals surface area contributed by atoms with Crippen LogP contribution in [0.25, 0.3) is 0 Å². The number of amides is 2. The van der Waals surface area contributed by atoms with Gasteiger partial charge in [-0.3, -0.25) is 13.9 Å². The molecule has 2 aromatic carbocycles. The van der Waals surface area contributed by atoms with Crippen molar-refractivity contribution in [3.05, 3.63) is 63.1 Å². The number of rotatable bonds is 13. The number of anilines is 1. The summed E-state index contributed by atoms with van der Waals surface area (Å²) in [6.07, 6.45) is 2.66. The Hall–Kier alpha value is -2.29. The number of sulfonamides is 1. The maximum atomic E-state index is 13.5. The van der Waals surface area contributed by atoms with Gasteiger partial charge in [-0.15, -0.1) is 0 Å². The number of halogens is 2. The van der Waals surface area contributed by atoms with Crippen LogP contribution in [0, 0.1) is 13.8 Å². The number of aryl methyl sites for hydroxylation is 2. The molecule has 0 spiro atoms. The van der Waals surface area contributed by atoms with Crippen LogP contribution in [0.2, 0.25) is 10.0 Å². The Morgan fingerprint density at radius 3 is 2.27 bits per heavy atom. The van der Waals surface area contributed by atoms with E-state index in [0.717, 1.165) is 23.8 Å². The molecule has 0 unspecified atom stereocenters. The smallest absolute Gasteiger partial charge is 0.242 e. The molecule has 0 saturated carbocycles. The van der Waals surface area contributed by atoms with Crippen LogP contribution in [0.3, 0.4) is 0 Å². The monoisotopic (exact) mass is 569 g/mol. The second-order valence-electron chi connectivity index (χ2n) is 9.17. The van der Waals surface area contributed by atoms with E-state index in [1.165, 1.54) is 9.21 Å². The van der Waals surface area contributed by atoms with Crippen molar-refractivity contribution in [2.24, 2.45) is 0 Å². The van der Waals surface area contributed by atoms with Gasteiger partial charge in [0.25, 0.3) is 0 Å². The van der Waals surface area contributed by atoms with Gasteiger partial charge in [0.15, 0.2) is 0 Å². The van der Waals surface area contributed by atoms with Gasteiger partial charge < -0.3 is 10.2 Å². The van der Waals surface area contributed by atoms with E-state index in [9.17, 15) is 18.0 Å². The van der Waals surface area contributed by atoms with E-state index >= 15 is 0 Å². The van der Waals surface area contributed by atoms with Gasteiger partial charge in [-0.05, 0) is 62.4 Å². The van der Waals surface area contributed by atoms with Crippen molar-refractivity contribution >= 4 is 50.7 Å². The van der Waals surface area contributed by atoms with E-state index in [0.29, 0.717) is 34.3 Å². The molecule has 0 heterocycles. The molecule has 0 aliphatic carbocycles. The predicted molar refractivity (Wildman–Crippen MR) is 152 cm³/mol. The molecule has 0 saturated heterocycles. The summed E-state index contributed by atoms with van der Waals surface area (Å²) in [5, 5.41) is 3.69. The zero-order valence-corrected chi connectivity index (χ0v) is 24.5. The predicted octanol–water partition coefficient (Wildman–Crippen LogP) is 5.49. The van der Waals surface area contributed by atoms with Gasteiger partial charge in [0.05, 0.1) is 11.9 Å². The quantitative estimate of drug-likeness (QED) is 0.345. The molecule has 2 rings (SSSR count). The SMILES string of the molecule is CCCNC(=O)[C@H](CC)N(Cc1c(Cl)cccc1Cl)C(=O)CCCN(c1cc(C)ccc1C)S(C)(=O)=O. The lowest BCUT2D eigenvalue weighted by Gasteiger charge is -2.31. The number of hydrogen-bond acceptors (Lipinski definition) is 4. The Balaban J connectivity index is 2.29. The Kier molecular flexibility index (Phi) is 11.7. The molecule has 1 N–H and O–H groups in total. The van der Waals surface area contributed by atoms with E-state index in [-0.39, 0.29) is 37.7 Å². The van der Waals surface area contributed by atoms with Gasteiger partial charge in [-0.2, -0.15) is 0 Å². The van der Waals surface area contributed by atoms with E-state index in [4.69, 9.17) is 23.2 Å². The first kappa shape index (κ1) is 30.9. The van der Waals surface area contributed by atoms with Crippen molar-refractivity contribution in [1.29, 1.82) is 0 Å². The Labute approximate surface area is 231 Å². The molecule has 37 heavy (non-hydrogen) atoms. The minimum atomic E-state index is -3.57. The number of carbonyl (C=O) groups excluding carboxylic acids is 2. The lowest BCUT2D eigenvalue weighted by atomic mass is 10.1. The van der Waals surface area contributed by atoms with Crippen LogP contribution in [0.1, 0.15) is 56.2 Å². The fraction of sp³-hybridized carbons (Fsp3) is 0.481. The summed E-state index contributed by atoms with van der Waals surface area (Å²) in [5.74, 6) is -0.516. The Morgan fingerprint density at radius 1 is 1.05 bits per heavy atom. The van der Waals surface area contributed by atoms with Crippen LogP contribution < -0.4 is 9.62 Å². The third-order valence-corrected chi connectivity index (χ3v) is 8.00. The fourth-order valence-corrected chi connectivity index (χ4v) is 5.64. The Morgan fingerprint density at radius 2 is 1.70 bits per heavy atom. The molecule has 7 nitrogen and oxygen atoms in total. The average molecular weight is 571 g/mol. The van der Waals surface area contributed by atoms with Crippen LogP contribution in [0.15, 0.2) is 36.4 Å². The molecule has 2 aromatic rings. The lowest BCUT2D eigenvalue weighted by molar-refractivity contribution is -0.141. The van der Waals surface area contributed by atoms with Crippen molar-refractivity contribution in [2.75, 3.05) is 23.7 Å². The van der Waals surface area contributed by atoms with E-state index in [2.05, 4.69) is 5.32 Å². The zero-order valence-electron chi connectivity index (χ0n) is 22.2. The summed E-state index contributed by atoms with van der Waals surface area (Å²) in [7, 11) is -3.57. The molecule has 2 amide bonds. The lowest BCUT2D eigenvalue weighted by Crippen LogP contribution is -2.49. The highest BCUT2D eigenvalue weighted by Crippen LogP contribution is 2.28. The molecule has 0 aromatic heterocycles. The zero-order chi connectivity index (χ0) is 27.8. The normalized spacial score (nSPS) is 12.2. The summed E-state index contributed by atoms with van der Waals surface area (Å²) in [4.78, 5) is 28.0. The molecule has 0 bridgehead atoms. The number of nitrogens with one attached hydrogen (secondary N) is 1. The maximum Gasteiger partial charge on any atom is 0.242 e. The molecule has 0 aliphatic rings. The van der Waals surface area contributed by atoms with Crippen LogP contribution in [-0.2, 0) is 26.2 Å². The van der Waals surface area contributed by atoms with Crippen molar-refractivity contribution in [3.8, 4) is 0 Å². The van der Waals surface area contributed by atoms with Gasteiger partial charge in [0.1, 0.15) is 6.04 Å². The molecule has 0 fully saturated rings. The molecular weight excluding hydrogens is 533 g/mol. The molecule has 1 atom stereocenters. The molecule has 0 radical (unpaired) electrons. The summed E-state index contributed by atoms with van der Waals surface area (Å²) >= 11 is 12.8. The first-order valence-electron chi connectivity index (χ1n) is 12.5. The number of carbonyl (C=O) groups is 2. The average Bonchev–Trinajstić information content (AvgIpc) is 2.83. The van der Waals surface area contributed by atoms with Crippen molar-refractivity contribution in [1.82, 2.24) is 10.2 Å². The van der Waals surface area contributed by atoms with E-state index in [1.807, 2.05) is 45.9 Å². The number of nitrogens with zero attached hydrogens (tertiary/aromatic N) is 2. The van der Waals surface area contributed by atoms with E-state index in [1.54, 1.807) is 18.2 Å².